The van der Waals surface area contributed by atoms with Crippen molar-refractivity contribution in [2.45, 2.75) is 17.7 Å². The molecule has 0 radical (unpaired) electrons. The Balaban J connectivity index is 1.77. The zero-order chi connectivity index (χ0) is 18.9. The molecule has 0 saturated carbocycles. The van der Waals surface area contributed by atoms with Crippen molar-refractivity contribution < 1.29 is 8.42 Å². The fourth-order valence-electron chi connectivity index (χ4n) is 3.10. The third-order valence-electron chi connectivity index (χ3n) is 4.48. The van der Waals surface area contributed by atoms with Crippen molar-refractivity contribution in [2.75, 3.05) is 22.7 Å². The normalized spacial score (nSPS) is 14.3. The maximum absolute atomic E-state index is 12.8. The molecule has 7 nitrogen and oxygen atoms in total. The van der Waals surface area contributed by atoms with Gasteiger partial charge in [-0.25, -0.2) is 18.4 Å². The van der Waals surface area contributed by atoms with Gasteiger partial charge in [0.25, 0.3) is 10.0 Å². The van der Waals surface area contributed by atoms with Crippen LogP contribution in [-0.2, 0) is 10.0 Å². The minimum Gasteiger partial charge on any atom is -0.354 e. The number of fused-ring (bicyclic) bond motifs is 1. The average Bonchev–Trinajstić information content (AvgIpc) is 3.22. The Kier molecular flexibility index (Phi) is 4.38. The average molecular weight is 379 g/mol. The summed E-state index contributed by atoms with van der Waals surface area (Å²) in [5, 5.41) is 8.89. The Morgan fingerprint density at radius 1 is 0.963 bits per heavy atom. The Hall–Kier alpha value is -3.18. The summed E-state index contributed by atoms with van der Waals surface area (Å²) in [5.41, 5.74) is 1.75. The van der Waals surface area contributed by atoms with E-state index in [1.165, 1.54) is 24.3 Å². The number of para-hydroxylation sites is 2. The van der Waals surface area contributed by atoms with Crippen LogP contribution >= 0.6 is 0 Å². The Morgan fingerprint density at radius 3 is 2.22 bits per heavy atom. The molecule has 0 unspecified atom stereocenters. The number of hydrogen-bond donors (Lipinski definition) is 1. The zero-order valence-electron chi connectivity index (χ0n) is 14.5. The third kappa shape index (κ3) is 3.41. The van der Waals surface area contributed by atoms with E-state index in [9.17, 15) is 8.42 Å². The fraction of sp³-hybridized carbons (Fsp3) is 0.211. The predicted molar refractivity (Wildman–Crippen MR) is 103 cm³/mol. The van der Waals surface area contributed by atoms with Crippen LogP contribution in [-0.4, -0.2) is 31.5 Å². The molecular weight excluding hydrogens is 362 g/mol. The molecule has 1 saturated heterocycles. The first-order valence-corrected chi connectivity index (χ1v) is 10.1. The van der Waals surface area contributed by atoms with Crippen molar-refractivity contribution in [3.63, 3.8) is 0 Å². The highest BCUT2D eigenvalue weighted by atomic mass is 32.2. The quantitative estimate of drug-likeness (QED) is 0.748. The summed E-state index contributed by atoms with van der Waals surface area (Å²) in [7, 11) is -3.85. The summed E-state index contributed by atoms with van der Waals surface area (Å²) in [6, 6.07) is 15.1. The first-order valence-electron chi connectivity index (χ1n) is 8.61. The summed E-state index contributed by atoms with van der Waals surface area (Å²) < 4.78 is 28.2. The van der Waals surface area contributed by atoms with Crippen LogP contribution in [0.2, 0.25) is 0 Å². The van der Waals surface area contributed by atoms with Crippen LogP contribution in [0.25, 0.3) is 11.0 Å². The van der Waals surface area contributed by atoms with Gasteiger partial charge in [-0.1, -0.05) is 12.1 Å². The summed E-state index contributed by atoms with van der Waals surface area (Å²) in [4.78, 5) is 11.3. The van der Waals surface area contributed by atoms with E-state index < -0.39 is 10.0 Å². The van der Waals surface area contributed by atoms with Gasteiger partial charge in [0.15, 0.2) is 11.6 Å². The maximum Gasteiger partial charge on any atom is 0.263 e. The number of aromatic nitrogens is 2. The number of nitrogens with one attached hydrogen (secondary N) is 1. The second kappa shape index (κ2) is 6.85. The van der Waals surface area contributed by atoms with E-state index in [1.54, 1.807) is 6.07 Å². The number of nitriles is 1. The molecule has 2 aromatic carbocycles. The van der Waals surface area contributed by atoms with Crippen molar-refractivity contribution >= 4 is 32.7 Å². The number of rotatable bonds is 4. The van der Waals surface area contributed by atoms with Gasteiger partial charge >= 0.3 is 0 Å². The maximum atomic E-state index is 12.8. The molecule has 4 rings (SSSR count). The molecule has 0 amide bonds. The van der Waals surface area contributed by atoms with Crippen LogP contribution < -0.4 is 9.62 Å². The molecule has 0 atom stereocenters. The molecule has 0 bridgehead atoms. The highest BCUT2D eigenvalue weighted by Crippen LogP contribution is 2.29. The van der Waals surface area contributed by atoms with Gasteiger partial charge in [-0.05, 0) is 49.2 Å². The SMILES string of the molecule is N#Cc1ccc(S(=O)(=O)Nc2nc3ccccc3nc2N2CCCC2)cc1. The van der Waals surface area contributed by atoms with Gasteiger partial charge < -0.3 is 4.90 Å². The van der Waals surface area contributed by atoms with Crippen molar-refractivity contribution in [2.24, 2.45) is 0 Å². The van der Waals surface area contributed by atoms with Crippen LogP contribution in [0.3, 0.4) is 0 Å². The van der Waals surface area contributed by atoms with E-state index in [1.807, 2.05) is 24.3 Å². The Morgan fingerprint density at radius 2 is 1.59 bits per heavy atom. The monoisotopic (exact) mass is 379 g/mol. The summed E-state index contributed by atoms with van der Waals surface area (Å²) in [6.07, 6.45) is 2.08. The first-order chi connectivity index (χ1) is 13.1. The lowest BCUT2D eigenvalue weighted by Crippen LogP contribution is -2.23. The standard InChI is InChI=1S/C19H17N5O2S/c20-13-14-7-9-15(10-8-14)27(25,26)23-18-19(24-11-3-4-12-24)22-17-6-2-1-5-16(17)21-18/h1-2,5-10H,3-4,11-12H2,(H,21,23). The van der Waals surface area contributed by atoms with Crippen molar-refractivity contribution in [1.29, 1.82) is 5.26 Å². The smallest absolute Gasteiger partial charge is 0.263 e. The van der Waals surface area contributed by atoms with E-state index in [2.05, 4.69) is 19.6 Å². The van der Waals surface area contributed by atoms with Gasteiger partial charge in [0.2, 0.25) is 0 Å². The first kappa shape index (κ1) is 17.2. The largest absolute Gasteiger partial charge is 0.354 e. The molecule has 2 heterocycles. The van der Waals surface area contributed by atoms with E-state index in [-0.39, 0.29) is 10.7 Å². The van der Waals surface area contributed by atoms with E-state index in [0.29, 0.717) is 16.9 Å². The van der Waals surface area contributed by atoms with Gasteiger partial charge in [-0.3, -0.25) is 4.72 Å². The molecule has 1 N–H and O–H groups in total. The Bertz CT molecular complexity index is 1130. The Labute approximate surface area is 157 Å². The van der Waals surface area contributed by atoms with Crippen molar-refractivity contribution in [1.82, 2.24) is 9.97 Å². The molecule has 1 aromatic heterocycles. The van der Waals surface area contributed by atoms with Crippen molar-refractivity contribution in [3.05, 3.63) is 54.1 Å². The minimum absolute atomic E-state index is 0.0730. The van der Waals surface area contributed by atoms with Gasteiger partial charge in [-0.15, -0.1) is 0 Å². The summed E-state index contributed by atoms with van der Waals surface area (Å²) in [6.45, 7) is 1.64. The lowest BCUT2D eigenvalue weighted by Gasteiger charge is -2.20. The third-order valence-corrected chi connectivity index (χ3v) is 5.84. The summed E-state index contributed by atoms with van der Waals surface area (Å²) >= 11 is 0. The molecule has 1 aliphatic rings. The number of nitrogens with zero attached hydrogens (tertiary/aromatic N) is 4. The number of anilines is 2. The number of hydrogen-bond acceptors (Lipinski definition) is 6. The topological polar surface area (TPSA) is 99.0 Å². The second-order valence-electron chi connectivity index (χ2n) is 6.32. The van der Waals surface area contributed by atoms with Crippen LogP contribution in [0.15, 0.2) is 53.4 Å². The van der Waals surface area contributed by atoms with E-state index in [4.69, 9.17) is 5.26 Å². The zero-order valence-corrected chi connectivity index (χ0v) is 15.3. The molecule has 0 spiro atoms. The van der Waals surface area contributed by atoms with Crippen LogP contribution in [0, 0.1) is 11.3 Å². The van der Waals surface area contributed by atoms with Crippen molar-refractivity contribution in [3.8, 4) is 6.07 Å². The van der Waals surface area contributed by atoms with E-state index >= 15 is 0 Å². The number of benzene rings is 2. The fourth-order valence-corrected chi connectivity index (χ4v) is 4.11. The second-order valence-corrected chi connectivity index (χ2v) is 8.00. The summed E-state index contributed by atoms with van der Waals surface area (Å²) in [5.74, 6) is 0.767. The minimum atomic E-state index is -3.85. The highest BCUT2D eigenvalue weighted by Gasteiger charge is 2.23. The van der Waals surface area contributed by atoms with Gasteiger partial charge in [0, 0.05) is 13.1 Å². The van der Waals surface area contributed by atoms with E-state index in [0.717, 1.165) is 31.4 Å². The lowest BCUT2D eigenvalue weighted by atomic mass is 10.2. The highest BCUT2D eigenvalue weighted by molar-refractivity contribution is 7.92. The molecular formula is C19H17N5O2S. The molecule has 27 heavy (non-hydrogen) atoms. The predicted octanol–water partition coefficient (Wildman–Crippen LogP) is 2.90. The molecule has 3 aromatic rings. The van der Waals surface area contributed by atoms with Gasteiger partial charge in [-0.2, -0.15) is 5.26 Å². The molecule has 0 aliphatic carbocycles. The molecule has 1 aliphatic heterocycles. The lowest BCUT2D eigenvalue weighted by molar-refractivity contribution is 0.601. The van der Waals surface area contributed by atoms with Crippen LogP contribution in [0.1, 0.15) is 18.4 Å². The van der Waals surface area contributed by atoms with Gasteiger partial charge in [0.1, 0.15) is 0 Å². The van der Waals surface area contributed by atoms with Gasteiger partial charge in [0.05, 0.1) is 27.6 Å². The molecule has 1 fully saturated rings. The molecule has 136 valence electrons. The number of sulfonamides is 1. The van der Waals surface area contributed by atoms with Crippen LogP contribution in [0.5, 0.6) is 0 Å². The van der Waals surface area contributed by atoms with Crippen LogP contribution in [0.4, 0.5) is 11.6 Å². The molecule has 8 heteroatoms.